The van der Waals surface area contributed by atoms with Gasteiger partial charge in [-0.3, -0.25) is 9.69 Å². The molecule has 0 fully saturated rings. The van der Waals surface area contributed by atoms with Crippen LogP contribution in [0.2, 0.25) is 5.02 Å². The molecule has 1 amide bonds. The molecule has 0 bridgehead atoms. The van der Waals surface area contributed by atoms with E-state index in [0.717, 1.165) is 0 Å². The molecule has 112 valence electrons. The van der Waals surface area contributed by atoms with Gasteiger partial charge in [0.05, 0.1) is 13.7 Å². The number of carbonyl (C=O) groups is 1. The van der Waals surface area contributed by atoms with Crippen LogP contribution >= 0.6 is 11.6 Å². The molecule has 0 heterocycles. The van der Waals surface area contributed by atoms with Crippen molar-refractivity contribution in [2.75, 3.05) is 20.7 Å². The van der Waals surface area contributed by atoms with Crippen LogP contribution in [0.1, 0.15) is 19.4 Å². The number of carbonyl (C=O) groups excluding carboxylic acids is 1. The predicted octanol–water partition coefficient (Wildman–Crippen LogP) is 2.01. The number of nitrogens with one attached hydrogen (secondary N) is 1. The molecule has 0 saturated carbocycles. The number of phenols is 1. The highest BCUT2D eigenvalue weighted by Crippen LogP contribution is 2.33. The molecular weight excluding hydrogens is 280 g/mol. The molecule has 0 aliphatic rings. The molecule has 1 aromatic carbocycles. The number of amides is 1. The number of hydrogen-bond acceptors (Lipinski definition) is 4. The van der Waals surface area contributed by atoms with Gasteiger partial charge in [0.1, 0.15) is 0 Å². The van der Waals surface area contributed by atoms with Gasteiger partial charge in [-0.2, -0.15) is 0 Å². The Bertz CT molecular complexity index is 478. The summed E-state index contributed by atoms with van der Waals surface area (Å²) in [5.74, 6) is 0.316. The van der Waals surface area contributed by atoms with Gasteiger partial charge in [-0.15, -0.1) is 0 Å². The summed E-state index contributed by atoms with van der Waals surface area (Å²) in [7, 11) is 3.27. The Morgan fingerprint density at radius 2 is 2.15 bits per heavy atom. The Kier molecular flexibility index (Phi) is 6.10. The highest BCUT2D eigenvalue weighted by Gasteiger charge is 2.14. The van der Waals surface area contributed by atoms with Crippen LogP contribution in [0.15, 0.2) is 12.1 Å². The number of halogens is 1. The summed E-state index contributed by atoms with van der Waals surface area (Å²) in [5, 5.41) is 13.3. The van der Waals surface area contributed by atoms with Crippen LogP contribution in [-0.4, -0.2) is 42.7 Å². The number of methoxy groups -OCH3 is 1. The predicted molar refractivity (Wildman–Crippen MR) is 79.3 cm³/mol. The molecule has 1 aromatic rings. The maximum atomic E-state index is 11.7. The third kappa shape index (κ3) is 4.90. The lowest BCUT2D eigenvalue weighted by Crippen LogP contribution is -2.38. The number of nitrogens with zero attached hydrogens (tertiary/aromatic N) is 1. The number of likely N-dealkylation sites (N-methyl/N-ethyl adjacent to an activating group) is 1. The Hall–Kier alpha value is -1.46. The molecule has 0 aliphatic heterocycles. The van der Waals surface area contributed by atoms with E-state index in [-0.39, 0.29) is 24.2 Å². The summed E-state index contributed by atoms with van der Waals surface area (Å²) in [6.07, 6.45) is 0. The van der Waals surface area contributed by atoms with Crippen molar-refractivity contribution in [2.24, 2.45) is 0 Å². The number of hydrogen-bond donors (Lipinski definition) is 2. The number of phenolic OH excluding ortho intramolecular Hbond substituents is 1. The third-order valence-corrected chi connectivity index (χ3v) is 2.86. The van der Waals surface area contributed by atoms with Gasteiger partial charge in [0.25, 0.3) is 0 Å². The Labute approximate surface area is 124 Å². The quantitative estimate of drug-likeness (QED) is 0.844. The summed E-state index contributed by atoms with van der Waals surface area (Å²) in [6.45, 7) is 4.46. The lowest BCUT2D eigenvalue weighted by atomic mass is 10.1. The van der Waals surface area contributed by atoms with Crippen molar-refractivity contribution >= 4 is 17.5 Å². The van der Waals surface area contributed by atoms with Gasteiger partial charge in [0.15, 0.2) is 11.5 Å². The molecule has 6 heteroatoms. The van der Waals surface area contributed by atoms with Crippen molar-refractivity contribution < 1.29 is 14.6 Å². The monoisotopic (exact) mass is 300 g/mol. The molecular formula is C14H21ClN2O3. The van der Waals surface area contributed by atoms with Crippen LogP contribution in [0.3, 0.4) is 0 Å². The van der Waals surface area contributed by atoms with E-state index >= 15 is 0 Å². The minimum Gasteiger partial charge on any atom is -0.504 e. The van der Waals surface area contributed by atoms with Crippen LogP contribution in [0.5, 0.6) is 11.5 Å². The third-order valence-electron chi connectivity index (χ3n) is 2.64. The van der Waals surface area contributed by atoms with E-state index in [1.807, 2.05) is 13.8 Å². The average Bonchev–Trinajstić information content (AvgIpc) is 2.31. The molecule has 0 aliphatic carbocycles. The van der Waals surface area contributed by atoms with E-state index in [4.69, 9.17) is 16.3 Å². The van der Waals surface area contributed by atoms with Gasteiger partial charge in [0.2, 0.25) is 5.91 Å². The van der Waals surface area contributed by atoms with E-state index < -0.39 is 0 Å². The van der Waals surface area contributed by atoms with Gasteiger partial charge >= 0.3 is 0 Å². The molecule has 0 unspecified atom stereocenters. The van der Waals surface area contributed by atoms with Gasteiger partial charge in [-0.05, 0) is 27.0 Å². The summed E-state index contributed by atoms with van der Waals surface area (Å²) < 4.78 is 5.05. The Morgan fingerprint density at radius 1 is 1.50 bits per heavy atom. The summed E-state index contributed by atoms with van der Waals surface area (Å²) >= 11 is 5.97. The largest absolute Gasteiger partial charge is 0.504 e. The van der Waals surface area contributed by atoms with Gasteiger partial charge in [0, 0.05) is 29.2 Å². The molecule has 0 saturated heterocycles. The summed E-state index contributed by atoms with van der Waals surface area (Å²) in [4.78, 5) is 13.5. The minimum absolute atomic E-state index is 0.0491. The zero-order valence-electron chi connectivity index (χ0n) is 12.2. The number of aromatic hydroxyl groups is 1. The van der Waals surface area contributed by atoms with Crippen molar-refractivity contribution in [1.29, 1.82) is 0 Å². The molecule has 0 atom stereocenters. The van der Waals surface area contributed by atoms with Gasteiger partial charge in [-0.1, -0.05) is 11.6 Å². The molecule has 0 radical (unpaired) electrons. The second kappa shape index (κ2) is 7.36. The van der Waals surface area contributed by atoms with E-state index in [2.05, 4.69) is 5.32 Å². The van der Waals surface area contributed by atoms with Gasteiger partial charge in [-0.25, -0.2) is 0 Å². The lowest BCUT2D eigenvalue weighted by molar-refractivity contribution is -0.122. The maximum absolute atomic E-state index is 11.7. The van der Waals surface area contributed by atoms with E-state index in [1.54, 1.807) is 24.1 Å². The number of ether oxygens (including phenoxy) is 1. The fourth-order valence-electron chi connectivity index (χ4n) is 1.86. The zero-order valence-corrected chi connectivity index (χ0v) is 13.0. The molecule has 0 aromatic heterocycles. The van der Waals surface area contributed by atoms with Crippen molar-refractivity contribution in [3.63, 3.8) is 0 Å². The molecule has 20 heavy (non-hydrogen) atoms. The number of rotatable bonds is 6. The van der Waals surface area contributed by atoms with Crippen molar-refractivity contribution in [3.05, 3.63) is 22.7 Å². The fraction of sp³-hybridized carbons (Fsp3) is 0.500. The first-order chi connectivity index (χ1) is 9.33. The molecule has 1 rings (SSSR count). The molecule has 2 N–H and O–H groups in total. The topological polar surface area (TPSA) is 61.8 Å². The normalized spacial score (nSPS) is 10.9. The Balaban J connectivity index is 2.73. The summed E-state index contributed by atoms with van der Waals surface area (Å²) in [6, 6.07) is 3.32. The van der Waals surface area contributed by atoms with Crippen LogP contribution in [0.4, 0.5) is 0 Å². The fourth-order valence-corrected chi connectivity index (χ4v) is 2.09. The standard InChI is InChI=1S/C14H21ClN2O3/c1-9(2)16-13(18)8-17(3)7-10-5-11(15)6-12(20-4)14(10)19/h5-6,9,19H,7-8H2,1-4H3,(H,16,18). The smallest absolute Gasteiger partial charge is 0.234 e. The van der Waals surface area contributed by atoms with Crippen LogP contribution in [-0.2, 0) is 11.3 Å². The van der Waals surface area contributed by atoms with E-state index in [0.29, 0.717) is 22.9 Å². The van der Waals surface area contributed by atoms with E-state index in [9.17, 15) is 9.90 Å². The Morgan fingerprint density at radius 3 is 2.70 bits per heavy atom. The van der Waals surface area contributed by atoms with Crippen molar-refractivity contribution in [2.45, 2.75) is 26.4 Å². The second-order valence-electron chi connectivity index (χ2n) is 5.01. The van der Waals surface area contributed by atoms with Crippen molar-refractivity contribution in [3.8, 4) is 11.5 Å². The average molecular weight is 301 g/mol. The van der Waals surface area contributed by atoms with Crippen LogP contribution in [0, 0.1) is 0 Å². The molecule has 5 nitrogen and oxygen atoms in total. The molecule has 0 spiro atoms. The zero-order chi connectivity index (χ0) is 15.3. The van der Waals surface area contributed by atoms with Gasteiger partial charge < -0.3 is 15.2 Å². The first-order valence-electron chi connectivity index (χ1n) is 6.36. The van der Waals surface area contributed by atoms with Crippen LogP contribution in [0.25, 0.3) is 0 Å². The van der Waals surface area contributed by atoms with Crippen molar-refractivity contribution in [1.82, 2.24) is 10.2 Å². The lowest BCUT2D eigenvalue weighted by Gasteiger charge is -2.19. The number of benzene rings is 1. The first kappa shape index (κ1) is 16.6. The SMILES string of the molecule is COc1cc(Cl)cc(CN(C)CC(=O)NC(C)C)c1O. The highest BCUT2D eigenvalue weighted by molar-refractivity contribution is 6.30. The second-order valence-corrected chi connectivity index (χ2v) is 5.45. The minimum atomic E-state index is -0.0593. The first-order valence-corrected chi connectivity index (χ1v) is 6.74. The summed E-state index contributed by atoms with van der Waals surface area (Å²) in [5.41, 5.74) is 0.620. The maximum Gasteiger partial charge on any atom is 0.234 e. The van der Waals surface area contributed by atoms with Crippen LogP contribution < -0.4 is 10.1 Å². The highest BCUT2D eigenvalue weighted by atomic mass is 35.5. The van der Waals surface area contributed by atoms with E-state index in [1.165, 1.54) is 7.11 Å².